The standard InChI is InChI=1S/C18H28N8O/c1-18(2,3)17-22-15(24-7-6-12(27)9-24)13-8-21-25(16(13)23-17)10-14(19)26(20)11-4-5-11/h8,11-12,19,27H,4-7,9-10,20H2,1-3H3. The lowest BCUT2D eigenvalue weighted by Gasteiger charge is -2.23. The van der Waals surface area contributed by atoms with Crippen LogP contribution in [0.1, 0.15) is 45.9 Å². The quantitative estimate of drug-likeness (QED) is 0.317. The largest absolute Gasteiger partial charge is 0.391 e. The van der Waals surface area contributed by atoms with Crippen molar-refractivity contribution in [2.24, 2.45) is 5.84 Å². The Kier molecular flexibility index (Phi) is 4.31. The van der Waals surface area contributed by atoms with Gasteiger partial charge in [-0.2, -0.15) is 5.10 Å². The second-order valence-electron chi connectivity index (χ2n) is 8.63. The van der Waals surface area contributed by atoms with Crippen molar-refractivity contribution in [3.8, 4) is 0 Å². The zero-order valence-corrected chi connectivity index (χ0v) is 16.2. The first kappa shape index (κ1) is 18.1. The number of aromatic nitrogens is 4. The van der Waals surface area contributed by atoms with E-state index in [0.29, 0.717) is 18.0 Å². The summed E-state index contributed by atoms with van der Waals surface area (Å²) in [5, 5.41) is 25.1. The van der Waals surface area contributed by atoms with Crippen LogP contribution in [0.5, 0.6) is 0 Å². The molecule has 9 nitrogen and oxygen atoms in total. The van der Waals surface area contributed by atoms with Gasteiger partial charge < -0.3 is 10.0 Å². The maximum absolute atomic E-state index is 9.95. The SMILES string of the molecule is CC(C)(C)c1nc(N2CCC(O)C2)c2cnn(CC(=N)N(N)C3CC3)c2n1. The number of anilines is 1. The summed E-state index contributed by atoms with van der Waals surface area (Å²) in [7, 11) is 0. The van der Waals surface area contributed by atoms with E-state index < -0.39 is 0 Å². The van der Waals surface area contributed by atoms with E-state index in [1.54, 1.807) is 10.9 Å². The van der Waals surface area contributed by atoms with E-state index in [2.05, 4.69) is 30.8 Å². The van der Waals surface area contributed by atoms with Crippen LogP contribution in [-0.2, 0) is 12.0 Å². The zero-order valence-electron chi connectivity index (χ0n) is 16.2. The number of aliphatic hydroxyl groups is 1. The Balaban J connectivity index is 1.74. The normalized spacial score (nSPS) is 20.5. The van der Waals surface area contributed by atoms with Crippen LogP contribution >= 0.6 is 0 Å². The minimum atomic E-state index is -0.333. The third-order valence-corrected chi connectivity index (χ3v) is 5.16. The molecule has 2 aromatic rings. The van der Waals surface area contributed by atoms with Crippen molar-refractivity contribution < 1.29 is 5.11 Å². The van der Waals surface area contributed by atoms with Gasteiger partial charge in [-0.15, -0.1) is 0 Å². The highest BCUT2D eigenvalue weighted by molar-refractivity contribution is 5.88. The van der Waals surface area contributed by atoms with Gasteiger partial charge in [-0.1, -0.05) is 20.8 Å². The number of β-amino-alcohol motifs (C(OH)–C–C–N with tert-alkyl or cyclic N) is 1. The zero-order chi connectivity index (χ0) is 19.3. The Morgan fingerprint density at radius 2 is 2.07 bits per heavy atom. The minimum Gasteiger partial charge on any atom is -0.391 e. The highest BCUT2D eigenvalue weighted by atomic mass is 16.3. The maximum atomic E-state index is 9.95. The first-order valence-corrected chi connectivity index (χ1v) is 9.52. The van der Waals surface area contributed by atoms with Crippen LogP contribution in [0, 0.1) is 5.41 Å². The molecule has 4 rings (SSSR count). The topological polar surface area (TPSA) is 120 Å². The van der Waals surface area contributed by atoms with Gasteiger partial charge in [-0.25, -0.2) is 20.5 Å². The number of amidine groups is 1. The predicted octanol–water partition coefficient (Wildman–Crippen LogP) is 1.01. The lowest BCUT2D eigenvalue weighted by molar-refractivity contribution is 0.198. The summed E-state index contributed by atoms with van der Waals surface area (Å²) in [5.74, 6) is 7.90. The Labute approximate surface area is 158 Å². The summed E-state index contributed by atoms with van der Waals surface area (Å²) in [5.41, 5.74) is 0.484. The molecule has 2 aromatic heterocycles. The molecule has 1 unspecified atom stereocenters. The van der Waals surface area contributed by atoms with Gasteiger partial charge in [0, 0.05) is 24.5 Å². The van der Waals surface area contributed by atoms with Crippen molar-refractivity contribution in [1.82, 2.24) is 24.8 Å². The maximum Gasteiger partial charge on any atom is 0.164 e. The van der Waals surface area contributed by atoms with E-state index in [0.717, 1.165) is 42.8 Å². The van der Waals surface area contributed by atoms with Gasteiger partial charge in [0.05, 0.1) is 17.7 Å². The van der Waals surface area contributed by atoms with Crippen molar-refractivity contribution in [2.75, 3.05) is 18.0 Å². The number of hydrogen-bond acceptors (Lipinski definition) is 7. The average molecular weight is 372 g/mol. The molecule has 27 heavy (non-hydrogen) atoms. The Bertz CT molecular complexity index is 866. The lowest BCUT2D eigenvalue weighted by atomic mass is 9.95. The second kappa shape index (κ2) is 6.42. The Morgan fingerprint density at radius 3 is 2.67 bits per heavy atom. The third kappa shape index (κ3) is 3.49. The molecule has 0 radical (unpaired) electrons. The fourth-order valence-electron chi connectivity index (χ4n) is 3.36. The fraction of sp³-hybridized carbons (Fsp3) is 0.667. The molecule has 0 bridgehead atoms. The summed E-state index contributed by atoms with van der Waals surface area (Å²) in [6, 6.07) is 0.278. The van der Waals surface area contributed by atoms with Crippen LogP contribution in [0.2, 0.25) is 0 Å². The Morgan fingerprint density at radius 1 is 1.33 bits per heavy atom. The molecule has 4 N–H and O–H groups in total. The number of fused-ring (bicyclic) bond motifs is 1. The first-order valence-electron chi connectivity index (χ1n) is 9.52. The van der Waals surface area contributed by atoms with E-state index in [9.17, 15) is 5.11 Å². The molecule has 1 saturated carbocycles. The first-order chi connectivity index (χ1) is 12.7. The van der Waals surface area contributed by atoms with Crippen LogP contribution in [-0.4, -0.2) is 60.9 Å². The fourth-order valence-corrected chi connectivity index (χ4v) is 3.36. The molecule has 146 valence electrons. The van der Waals surface area contributed by atoms with Crippen molar-refractivity contribution in [2.45, 2.75) is 64.1 Å². The number of hydrazine groups is 1. The van der Waals surface area contributed by atoms with Crippen LogP contribution in [0.25, 0.3) is 11.0 Å². The number of nitrogens with one attached hydrogen (secondary N) is 1. The summed E-state index contributed by atoms with van der Waals surface area (Å²) < 4.78 is 1.73. The molecule has 2 aliphatic rings. The van der Waals surface area contributed by atoms with Crippen molar-refractivity contribution in [3.63, 3.8) is 0 Å². The lowest BCUT2D eigenvalue weighted by Crippen LogP contribution is -2.41. The number of rotatable bonds is 4. The molecule has 1 aliphatic heterocycles. The number of nitrogens with two attached hydrogens (primary N) is 1. The second-order valence-corrected chi connectivity index (χ2v) is 8.63. The van der Waals surface area contributed by atoms with Gasteiger partial charge in [0.25, 0.3) is 0 Å². The summed E-state index contributed by atoms with van der Waals surface area (Å²) in [4.78, 5) is 11.7. The number of nitrogens with zero attached hydrogens (tertiary/aromatic N) is 6. The Hall–Kier alpha value is -2.26. The highest BCUT2D eigenvalue weighted by Crippen LogP contribution is 2.30. The summed E-state index contributed by atoms with van der Waals surface area (Å²) in [6.07, 6.45) is 4.24. The van der Waals surface area contributed by atoms with Crippen LogP contribution in [0.15, 0.2) is 6.20 Å². The molecule has 1 aliphatic carbocycles. The number of hydrogen-bond donors (Lipinski definition) is 3. The summed E-state index contributed by atoms with van der Waals surface area (Å²) in [6.45, 7) is 7.83. The van der Waals surface area contributed by atoms with Crippen LogP contribution < -0.4 is 10.7 Å². The molecule has 3 heterocycles. The third-order valence-electron chi connectivity index (χ3n) is 5.16. The monoisotopic (exact) mass is 372 g/mol. The van der Waals surface area contributed by atoms with Gasteiger partial charge >= 0.3 is 0 Å². The van der Waals surface area contributed by atoms with E-state index in [-0.39, 0.29) is 24.1 Å². The van der Waals surface area contributed by atoms with E-state index in [1.807, 2.05) is 0 Å². The molecule has 0 spiro atoms. The molecule has 2 fully saturated rings. The molecular formula is C18H28N8O. The minimum absolute atomic E-state index is 0.224. The van der Waals surface area contributed by atoms with Crippen molar-refractivity contribution in [1.29, 1.82) is 5.41 Å². The van der Waals surface area contributed by atoms with Crippen LogP contribution in [0.3, 0.4) is 0 Å². The van der Waals surface area contributed by atoms with E-state index in [1.165, 1.54) is 5.01 Å². The van der Waals surface area contributed by atoms with Gasteiger partial charge in [-0.3, -0.25) is 10.4 Å². The van der Waals surface area contributed by atoms with Gasteiger partial charge in [-0.05, 0) is 19.3 Å². The van der Waals surface area contributed by atoms with E-state index >= 15 is 0 Å². The van der Waals surface area contributed by atoms with Gasteiger partial charge in [0.15, 0.2) is 5.65 Å². The van der Waals surface area contributed by atoms with Gasteiger partial charge in [0.1, 0.15) is 24.0 Å². The van der Waals surface area contributed by atoms with Gasteiger partial charge in [0.2, 0.25) is 0 Å². The van der Waals surface area contributed by atoms with Crippen molar-refractivity contribution >= 4 is 22.7 Å². The average Bonchev–Trinajstić information content (AvgIpc) is 3.25. The summed E-state index contributed by atoms with van der Waals surface area (Å²) >= 11 is 0. The van der Waals surface area contributed by atoms with Crippen molar-refractivity contribution in [3.05, 3.63) is 12.0 Å². The highest BCUT2D eigenvalue weighted by Gasteiger charge is 2.30. The van der Waals surface area contributed by atoms with Crippen LogP contribution in [0.4, 0.5) is 5.82 Å². The smallest absolute Gasteiger partial charge is 0.164 e. The molecule has 1 saturated heterocycles. The molecule has 0 aromatic carbocycles. The predicted molar refractivity (Wildman–Crippen MR) is 104 cm³/mol. The molecular weight excluding hydrogens is 344 g/mol. The number of aliphatic hydroxyl groups excluding tert-OH is 1. The molecule has 0 amide bonds. The molecule has 9 heteroatoms. The molecule has 1 atom stereocenters. The van der Waals surface area contributed by atoms with E-state index in [4.69, 9.17) is 21.2 Å².